The Morgan fingerprint density at radius 3 is 2.75 bits per heavy atom. The summed E-state index contributed by atoms with van der Waals surface area (Å²) in [6, 6.07) is 0.604. The summed E-state index contributed by atoms with van der Waals surface area (Å²) in [7, 11) is 0. The molecule has 1 saturated carbocycles. The number of hydrogen-bond donors (Lipinski definition) is 2. The van der Waals surface area contributed by atoms with E-state index in [1.54, 1.807) is 24.0 Å². The molecule has 0 aliphatic heterocycles. The van der Waals surface area contributed by atoms with Crippen LogP contribution in [0.2, 0.25) is 0 Å². The summed E-state index contributed by atoms with van der Waals surface area (Å²) in [6.07, 6.45) is 12.7. The number of nitrogens with one attached hydrogen (secondary N) is 2. The zero-order chi connectivity index (χ0) is 16.6. The molecule has 6 nitrogen and oxygen atoms in total. The van der Waals surface area contributed by atoms with Crippen LogP contribution in [-0.4, -0.2) is 40.0 Å². The molecule has 0 atom stereocenters. The van der Waals surface area contributed by atoms with Gasteiger partial charge in [0, 0.05) is 36.9 Å². The Hall–Kier alpha value is -1.86. The van der Waals surface area contributed by atoms with Crippen LogP contribution in [0.5, 0.6) is 0 Å². The van der Waals surface area contributed by atoms with Gasteiger partial charge in [0.2, 0.25) is 0 Å². The Bertz CT molecular complexity index is 637. The summed E-state index contributed by atoms with van der Waals surface area (Å²) in [5, 5.41) is 8.95. The highest BCUT2D eigenvalue weighted by molar-refractivity contribution is 7.13. The van der Waals surface area contributed by atoms with Crippen molar-refractivity contribution in [3.8, 4) is 10.7 Å². The second kappa shape index (κ2) is 8.84. The third-order valence-electron chi connectivity index (χ3n) is 4.22. The number of nitrogens with zero attached hydrogens (tertiary/aromatic N) is 3. The van der Waals surface area contributed by atoms with E-state index in [9.17, 15) is 4.79 Å². The first-order valence-electron chi connectivity index (χ1n) is 8.56. The molecule has 1 aliphatic carbocycles. The molecule has 2 aromatic heterocycles. The molecule has 0 spiro atoms. The molecule has 1 aliphatic rings. The lowest BCUT2D eigenvalue weighted by atomic mass is 10.1. The lowest BCUT2D eigenvalue weighted by Gasteiger charge is -2.16. The fourth-order valence-corrected chi connectivity index (χ4v) is 3.69. The molecule has 24 heavy (non-hydrogen) atoms. The van der Waals surface area contributed by atoms with E-state index in [0.717, 1.165) is 6.54 Å². The van der Waals surface area contributed by atoms with Crippen LogP contribution in [0.1, 0.15) is 49.0 Å². The quantitative estimate of drug-likeness (QED) is 0.621. The van der Waals surface area contributed by atoms with Crippen molar-refractivity contribution in [1.29, 1.82) is 0 Å². The fourth-order valence-electron chi connectivity index (χ4n) is 2.93. The summed E-state index contributed by atoms with van der Waals surface area (Å²) >= 11 is 1.41. The maximum absolute atomic E-state index is 12.2. The Morgan fingerprint density at radius 2 is 2.00 bits per heavy atom. The topological polar surface area (TPSA) is 79.8 Å². The number of amides is 1. The number of thiazole rings is 1. The van der Waals surface area contributed by atoms with E-state index in [4.69, 9.17) is 0 Å². The monoisotopic (exact) mass is 345 g/mol. The maximum atomic E-state index is 12.2. The van der Waals surface area contributed by atoms with Crippen molar-refractivity contribution in [2.75, 3.05) is 13.1 Å². The van der Waals surface area contributed by atoms with Crippen molar-refractivity contribution in [2.45, 2.75) is 44.6 Å². The second-order valence-corrected chi connectivity index (χ2v) is 6.89. The van der Waals surface area contributed by atoms with Crippen LogP contribution < -0.4 is 10.6 Å². The summed E-state index contributed by atoms with van der Waals surface area (Å²) < 4.78 is 0. The Labute approximate surface area is 146 Å². The van der Waals surface area contributed by atoms with Crippen LogP contribution in [0.3, 0.4) is 0 Å². The zero-order valence-corrected chi connectivity index (χ0v) is 14.5. The van der Waals surface area contributed by atoms with Gasteiger partial charge in [0.15, 0.2) is 0 Å². The normalized spacial score (nSPS) is 15.8. The van der Waals surface area contributed by atoms with E-state index in [1.807, 2.05) is 0 Å². The van der Waals surface area contributed by atoms with Gasteiger partial charge in [0.25, 0.3) is 5.91 Å². The summed E-state index contributed by atoms with van der Waals surface area (Å²) in [4.78, 5) is 24.7. The first kappa shape index (κ1) is 17.0. The van der Waals surface area contributed by atoms with Crippen molar-refractivity contribution in [2.24, 2.45) is 0 Å². The molecule has 0 radical (unpaired) electrons. The Kier molecular flexibility index (Phi) is 6.26. The molecule has 2 heterocycles. The zero-order valence-electron chi connectivity index (χ0n) is 13.7. The molecule has 3 rings (SSSR count). The second-order valence-electron chi connectivity index (χ2n) is 6.03. The molecule has 0 aromatic carbocycles. The van der Waals surface area contributed by atoms with E-state index in [0.29, 0.717) is 29.0 Å². The van der Waals surface area contributed by atoms with E-state index < -0.39 is 0 Å². The van der Waals surface area contributed by atoms with Gasteiger partial charge < -0.3 is 10.6 Å². The SMILES string of the molecule is O=C(NCCNC1CCCCCC1)c1csc(-c2cnccn2)n1. The molecule has 0 bridgehead atoms. The van der Waals surface area contributed by atoms with Gasteiger partial charge in [-0.1, -0.05) is 25.7 Å². The molecule has 0 unspecified atom stereocenters. The number of carbonyl (C=O) groups is 1. The number of aromatic nitrogens is 3. The number of carbonyl (C=O) groups excluding carboxylic acids is 1. The summed E-state index contributed by atoms with van der Waals surface area (Å²) in [5.41, 5.74) is 1.13. The van der Waals surface area contributed by atoms with Gasteiger partial charge in [0.1, 0.15) is 16.4 Å². The van der Waals surface area contributed by atoms with E-state index in [-0.39, 0.29) is 5.91 Å². The van der Waals surface area contributed by atoms with E-state index in [1.165, 1.54) is 49.9 Å². The van der Waals surface area contributed by atoms with Gasteiger partial charge in [-0.25, -0.2) is 4.98 Å². The van der Waals surface area contributed by atoms with E-state index in [2.05, 4.69) is 25.6 Å². The third-order valence-corrected chi connectivity index (χ3v) is 5.08. The minimum Gasteiger partial charge on any atom is -0.349 e. The van der Waals surface area contributed by atoms with Gasteiger partial charge in [-0.3, -0.25) is 14.8 Å². The van der Waals surface area contributed by atoms with Crippen LogP contribution in [0.15, 0.2) is 24.0 Å². The highest BCUT2D eigenvalue weighted by atomic mass is 32.1. The highest BCUT2D eigenvalue weighted by Gasteiger charge is 2.13. The van der Waals surface area contributed by atoms with E-state index >= 15 is 0 Å². The van der Waals surface area contributed by atoms with Gasteiger partial charge in [-0.2, -0.15) is 0 Å². The van der Waals surface area contributed by atoms with Crippen LogP contribution in [0.25, 0.3) is 10.7 Å². The minimum atomic E-state index is -0.135. The van der Waals surface area contributed by atoms with Crippen molar-refractivity contribution < 1.29 is 4.79 Å². The predicted molar refractivity (Wildman–Crippen MR) is 95.0 cm³/mol. The van der Waals surface area contributed by atoms with Crippen LogP contribution in [0.4, 0.5) is 0 Å². The average Bonchev–Trinajstić information content (AvgIpc) is 2.97. The van der Waals surface area contributed by atoms with Gasteiger partial charge in [0.05, 0.1) is 6.20 Å². The van der Waals surface area contributed by atoms with Gasteiger partial charge >= 0.3 is 0 Å². The first-order valence-corrected chi connectivity index (χ1v) is 9.44. The Balaban J connectivity index is 1.43. The third kappa shape index (κ3) is 4.82. The molecular weight excluding hydrogens is 322 g/mol. The van der Waals surface area contributed by atoms with Crippen LogP contribution >= 0.6 is 11.3 Å². The average molecular weight is 345 g/mol. The fraction of sp³-hybridized carbons (Fsp3) is 0.529. The van der Waals surface area contributed by atoms with Crippen molar-refractivity contribution >= 4 is 17.2 Å². The van der Waals surface area contributed by atoms with Crippen molar-refractivity contribution in [1.82, 2.24) is 25.6 Å². The Morgan fingerprint density at radius 1 is 1.17 bits per heavy atom. The molecule has 7 heteroatoms. The molecule has 2 N–H and O–H groups in total. The summed E-state index contributed by atoms with van der Waals surface area (Å²) in [5.74, 6) is -0.135. The minimum absolute atomic E-state index is 0.135. The molecule has 2 aromatic rings. The lowest BCUT2D eigenvalue weighted by Crippen LogP contribution is -2.36. The largest absolute Gasteiger partial charge is 0.349 e. The van der Waals surface area contributed by atoms with Crippen LogP contribution in [-0.2, 0) is 0 Å². The van der Waals surface area contributed by atoms with Gasteiger partial charge in [-0.15, -0.1) is 11.3 Å². The smallest absolute Gasteiger partial charge is 0.270 e. The molecule has 1 fully saturated rings. The van der Waals surface area contributed by atoms with Crippen molar-refractivity contribution in [3.05, 3.63) is 29.7 Å². The lowest BCUT2D eigenvalue weighted by molar-refractivity contribution is 0.0949. The summed E-state index contributed by atoms with van der Waals surface area (Å²) in [6.45, 7) is 1.42. The predicted octanol–water partition coefficient (Wildman–Crippen LogP) is 2.64. The molecular formula is C17H23N5OS. The molecule has 128 valence electrons. The van der Waals surface area contributed by atoms with Gasteiger partial charge in [-0.05, 0) is 12.8 Å². The molecule has 1 amide bonds. The van der Waals surface area contributed by atoms with Crippen molar-refractivity contribution in [3.63, 3.8) is 0 Å². The first-order chi connectivity index (χ1) is 11.8. The number of hydrogen-bond acceptors (Lipinski definition) is 6. The standard InChI is InChI=1S/C17H23N5OS/c23-16(21-10-9-19-13-5-3-1-2-4-6-13)15-12-24-17(22-15)14-11-18-7-8-20-14/h7-8,11-13,19H,1-6,9-10H2,(H,21,23). The molecule has 0 saturated heterocycles. The highest BCUT2D eigenvalue weighted by Crippen LogP contribution is 2.20. The van der Waals surface area contributed by atoms with Crippen LogP contribution in [0, 0.1) is 0 Å². The number of rotatable bonds is 6. The maximum Gasteiger partial charge on any atom is 0.270 e.